The molecule has 4 N–H and O–H groups in total. The SMILES string of the molecule is CN(C)CCS(=O)(=O)Nc1cc2c(c(F)c1O)Oc1c(cc(NS(=O)(=O)CCN(C)C)c(O)c1F)C21OC(=O)c2ccccc21. The molecule has 3 aromatic carbocycles. The van der Waals surface area contributed by atoms with Gasteiger partial charge in [-0.2, -0.15) is 8.78 Å². The lowest BCUT2D eigenvalue weighted by Crippen LogP contribution is -2.34. The Kier molecular flexibility index (Phi) is 8.10. The third-order valence-electron chi connectivity index (χ3n) is 7.27. The van der Waals surface area contributed by atoms with Gasteiger partial charge in [0.25, 0.3) is 0 Å². The molecule has 45 heavy (non-hydrogen) atoms. The fourth-order valence-electron chi connectivity index (χ4n) is 5.03. The minimum atomic E-state index is -4.15. The van der Waals surface area contributed by atoms with Crippen molar-refractivity contribution in [3.8, 4) is 23.0 Å². The third kappa shape index (κ3) is 5.71. The van der Waals surface area contributed by atoms with Crippen LogP contribution in [0.25, 0.3) is 0 Å². The molecule has 0 aromatic heterocycles. The van der Waals surface area contributed by atoms with Crippen LogP contribution in [0.2, 0.25) is 0 Å². The third-order valence-corrected chi connectivity index (χ3v) is 9.77. The van der Waals surface area contributed by atoms with Crippen LogP contribution in [-0.2, 0) is 30.4 Å². The van der Waals surface area contributed by atoms with E-state index >= 15 is 8.78 Å². The quantitative estimate of drug-likeness (QED) is 0.185. The van der Waals surface area contributed by atoms with Gasteiger partial charge in [0.05, 0.1) is 39.6 Å². The highest BCUT2D eigenvalue weighted by molar-refractivity contribution is 7.93. The maximum absolute atomic E-state index is 15.9. The van der Waals surface area contributed by atoms with Crippen molar-refractivity contribution in [2.24, 2.45) is 0 Å². The first-order valence-electron chi connectivity index (χ1n) is 13.4. The van der Waals surface area contributed by atoms with Gasteiger partial charge >= 0.3 is 5.97 Å². The fourth-order valence-corrected chi connectivity index (χ4v) is 7.43. The van der Waals surface area contributed by atoms with Crippen molar-refractivity contribution >= 4 is 37.4 Å². The lowest BCUT2D eigenvalue weighted by Gasteiger charge is -2.37. The number of ether oxygens (including phenoxy) is 2. The first kappa shape index (κ1) is 32.2. The first-order chi connectivity index (χ1) is 21.0. The van der Waals surface area contributed by atoms with Gasteiger partial charge in [-0.15, -0.1) is 0 Å². The van der Waals surface area contributed by atoms with E-state index in [2.05, 4.69) is 9.44 Å². The molecule has 2 heterocycles. The summed E-state index contributed by atoms with van der Waals surface area (Å²) in [6.45, 7) is 0.176. The van der Waals surface area contributed by atoms with Crippen LogP contribution < -0.4 is 14.2 Å². The van der Waals surface area contributed by atoms with Crippen LogP contribution >= 0.6 is 0 Å². The van der Waals surface area contributed by atoms with E-state index in [-0.39, 0.29) is 35.3 Å². The van der Waals surface area contributed by atoms with Gasteiger partial charge in [-0.1, -0.05) is 18.2 Å². The number of rotatable bonds is 10. The van der Waals surface area contributed by atoms with E-state index in [4.69, 9.17) is 9.47 Å². The molecule has 0 aliphatic carbocycles. The summed E-state index contributed by atoms with van der Waals surface area (Å²) in [5, 5.41) is 21.4. The van der Waals surface area contributed by atoms with Gasteiger partial charge in [-0.05, 0) is 46.4 Å². The summed E-state index contributed by atoms with van der Waals surface area (Å²) in [7, 11) is -1.74. The molecular weight excluding hydrogens is 638 g/mol. The molecule has 0 saturated carbocycles. The number of anilines is 2. The molecule has 2 aliphatic heterocycles. The minimum absolute atomic E-state index is 0.0144. The summed E-state index contributed by atoms with van der Waals surface area (Å²) < 4.78 is 98.7. The molecule has 0 radical (unpaired) electrons. The molecule has 13 nitrogen and oxygen atoms in total. The van der Waals surface area contributed by atoms with Crippen LogP contribution in [0, 0.1) is 11.6 Å². The van der Waals surface area contributed by atoms with Crippen LogP contribution in [0.5, 0.6) is 23.0 Å². The van der Waals surface area contributed by atoms with Gasteiger partial charge in [0.15, 0.2) is 28.6 Å². The molecule has 1 spiro atoms. The zero-order chi connectivity index (χ0) is 33.1. The topological polar surface area (TPSA) is 175 Å². The number of phenolic OH excluding ortho intramolecular Hbond substituents is 2. The Bertz CT molecular complexity index is 1830. The summed E-state index contributed by atoms with van der Waals surface area (Å²) in [4.78, 5) is 16.4. The Hall–Kier alpha value is -4.19. The van der Waals surface area contributed by atoms with E-state index in [0.29, 0.717) is 0 Å². The van der Waals surface area contributed by atoms with E-state index in [9.17, 15) is 31.8 Å². The van der Waals surface area contributed by atoms with E-state index in [1.165, 1.54) is 24.3 Å². The van der Waals surface area contributed by atoms with Crippen molar-refractivity contribution in [2.45, 2.75) is 5.60 Å². The summed E-state index contributed by atoms with van der Waals surface area (Å²) in [5.41, 5.74) is -4.14. The van der Waals surface area contributed by atoms with Gasteiger partial charge in [0.1, 0.15) is 0 Å². The van der Waals surface area contributed by atoms with Gasteiger partial charge in [-0.3, -0.25) is 9.44 Å². The van der Waals surface area contributed by atoms with E-state index < -0.39 is 89.1 Å². The Labute approximate surface area is 258 Å². The zero-order valence-corrected chi connectivity index (χ0v) is 26.1. The molecule has 0 bridgehead atoms. The summed E-state index contributed by atoms with van der Waals surface area (Å²) >= 11 is 0. The number of nitrogens with zero attached hydrogens (tertiary/aromatic N) is 2. The van der Waals surface area contributed by atoms with Crippen LogP contribution in [-0.4, -0.2) is 95.6 Å². The number of esters is 1. The number of hydrogen-bond donors (Lipinski definition) is 4. The van der Waals surface area contributed by atoms with Gasteiger partial charge in [0.2, 0.25) is 31.7 Å². The van der Waals surface area contributed by atoms with Crippen LogP contribution in [0.15, 0.2) is 36.4 Å². The zero-order valence-electron chi connectivity index (χ0n) is 24.5. The van der Waals surface area contributed by atoms with Crippen molar-refractivity contribution in [3.05, 3.63) is 70.3 Å². The second-order valence-corrected chi connectivity index (χ2v) is 14.8. The number of halogens is 2. The molecule has 17 heteroatoms. The van der Waals surface area contributed by atoms with Crippen molar-refractivity contribution in [1.29, 1.82) is 0 Å². The molecule has 0 atom stereocenters. The number of hydrogen-bond acceptors (Lipinski definition) is 11. The van der Waals surface area contributed by atoms with E-state index in [0.717, 1.165) is 12.1 Å². The molecule has 2 aliphatic rings. The Morgan fingerprint density at radius 3 is 1.67 bits per heavy atom. The summed E-state index contributed by atoms with van der Waals surface area (Å²) in [6.07, 6.45) is 0. The van der Waals surface area contributed by atoms with Crippen LogP contribution in [0.3, 0.4) is 0 Å². The first-order valence-corrected chi connectivity index (χ1v) is 16.7. The second-order valence-electron chi connectivity index (χ2n) is 11.1. The average Bonchev–Trinajstić information content (AvgIpc) is 3.26. The van der Waals surface area contributed by atoms with Crippen LogP contribution in [0.4, 0.5) is 20.2 Å². The van der Waals surface area contributed by atoms with Crippen molar-refractivity contribution in [1.82, 2.24) is 9.80 Å². The summed E-state index contributed by atoms with van der Waals surface area (Å²) in [5.74, 6) is -8.83. The molecule has 3 aromatic rings. The number of nitrogens with one attached hydrogen (secondary N) is 2. The number of aromatic hydroxyl groups is 2. The van der Waals surface area contributed by atoms with Crippen molar-refractivity contribution in [2.75, 3.05) is 62.2 Å². The number of fused-ring (bicyclic) bond motifs is 6. The second kappa shape index (κ2) is 11.3. The minimum Gasteiger partial charge on any atom is -0.503 e. The highest BCUT2D eigenvalue weighted by atomic mass is 32.2. The normalized spacial score (nSPS) is 15.0. The number of carbonyl (C=O) groups is 1. The molecular formula is C28H30F2N4O9S2. The van der Waals surface area contributed by atoms with Gasteiger partial charge < -0.3 is 29.5 Å². The molecule has 0 fully saturated rings. The average molecular weight is 669 g/mol. The van der Waals surface area contributed by atoms with Crippen molar-refractivity contribution < 1.29 is 50.1 Å². The number of phenols is 2. The predicted octanol–water partition coefficient (Wildman–Crippen LogP) is 2.55. The molecule has 0 amide bonds. The maximum atomic E-state index is 15.9. The molecule has 242 valence electrons. The number of benzene rings is 3. The fraction of sp³-hybridized carbons (Fsp3) is 0.321. The maximum Gasteiger partial charge on any atom is 0.340 e. The largest absolute Gasteiger partial charge is 0.503 e. The Morgan fingerprint density at radius 1 is 0.778 bits per heavy atom. The molecule has 0 unspecified atom stereocenters. The standard InChI is InChI=1S/C28H30F2N4O9S2/c1-33(2)9-11-44(38,39)31-19-13-17-25(21(29)23(19)35)42-26-18(28(17)16-8-6-5-7-15(16)27(37)43-28)14-20(24(36)22(26)30)32-45(40,41)12-10-34(3)4/h5-8,13-14,31-32,35-36H,9-12H2,1-4H3. The van der Waals surface area contributed by atoms with Crippen molar-refractivity contribution in [3.63, 3.8) is 0 Å². The number of sulfonamides is 2. The van der Waals surface area contributed by atoms with Crippen LogP contribution in [0.1, 0.15) is 27.0 Å². The van der Waals surface area contributed by atoms with Gasteiger partial charge in [-0.25, -0.2) is 21.6 Å². The summed E-state index contributed by atoms with van der Waals surface area (Å²) in [6, 6.07) is 7.83. The van der Waals surface area contributed by atoms with Gasteiger partial charge in [0, 0.05) is 18.7 Å². The monoisotopic (exact) mass is 668 g/mol. The highest BCUT2D eigenvalue weighted by Gasteiger charge is 2.56. The predicted molar refractivity (Wildman–Crippen MR) is 160 cm³/mol. The molecule has 0 saturated heterocycles. The Morgan fingerprint density at radius 2 is 1.22 bits per heavy atom. The van der Waals surface area contributed by atoms with E-state index in [1.54, 1.807) is 38.0 Å². The smallest absolute Gasteiger partial charge is 0.340 e. The van der Waals surface area contributed by atoms with E-state index in [1.807, 2.05) is 0 Å². The highest BCUT2D eigenvalue weighted by Crippen LogP contribution is 2.60. The lowest BCUT2D eigenvalue weighted by molar-refractivity contribution is 0.0219. The molecule has 5 rings (SSSR count). The lowest BCUT2D eigenvalue weighted by atomic mass is 9.77. The Balaban J connectivity index is 1.76. The number of carbonyl (C=O) groups excluding carboxylic acids is 1.